The Morgan fingerprint density at radius 1 is 1.42 bits per heavy atom. The van der Waals surface area contributed by atoms with Crippen LogP contribution in [0.15, 0.2) is 22.7 Å². The maximum absolute atomic E-state index is 12.5. The van der Waals surface area contributed by atoms with Gasteiger partial charge in [-0.25, -0.2) is 0 Å². The Bertz CT molecular complexity index is 486. The number of hydrogen-bond donors (Lipinski definition) is 1. The summed E-state index contributed by atoms with van der Waals surface area (Å²) >= 11 is 3.09. The largest absolute Gasteiger partial charge is 0.483 e. The standard InChI is InChI=1S/C12H11BrF3NO2/c13-9-4-1-7(12(14,15)16)5-10(9)19-6-11(18)17-8-2-3-8/h1,4-5,8H,2-3,6H2,(H,17,18). The maximum atomic E-state index is 12.5. The van der Waals surface area contributed by atoms with Crippen molar-refractivity contribution >= 4 is 21.8 Å². The van der Waals surface area contributed by atoms with Crippen LogP contribution in [0.25, 0.3) is 0 Å². The molecule has 1 amide bonds. The summed E-state index contributed by atoms with van der Waals surface area (Å²) in [6, 6.07) is 3.26. The first-order valence-corrected chi connectivity index (χ1v) is 6.44. The van der Waals surface area contributed by atoms with Gasteiger partial charge >= 0.3 is 6.18 Å². The zero-order chi connectivity index (χ0) is 14.0. The molecule has 7 heteroatoms. The zero-order valence-corrected chi connectivity index (χ0v) is 11.3. The molecule has 0 aromatic heterocycles. The summed E-state index contributed by atoms with van der Waals surface area (Å²) < 4.78 is 43.1. The van der Waals surface area contributed by atoms with Gasteiger partial charge in [0.2, 0.25) is 0 Å². The molecule has 1 fully saturated rings. The van der Waals surface area contributed by atoms with Crippen LogP contribution in [0.4, 0.5) is 13.2 Å². The smallest absolute Gasteiger partial charge is 0.416 e. The van der Waals surface area contributed by atoms with E-state index in [1.54, 1.807) is 0 Å². The van der Waals surface area contributed by atoms with Crippen LogP contribution in [0.2, 0.25) is 0 Å². The van der Waals surface area contributed by atoms with Gasteiger partial charge in [0.1, 0.15) is 5.75 Å². The van der Waals surface area contributed by atoms with Crippen LogP contribution in [0.1, 0.15) is 18.4 Å². The van der Waals surface area contributed by atoms with E-state index in [1.165, 1.54) is 6.07 Å². The minimum atomic E-state index is -4.44. The number of nitrogens with one attached hydrogen (secondary N) is 1. The van der Waals surface area contributed by atoms with Crippen molar-refractivity contribution in [3.63, 3.8) is 0 Å². The molecule has 1 aliphatic rings. The van der Waals surface area contributed by atoms with Crippen LogP contribution in [-0.4, -0.2) is 18.6 Å². The molecule has 104 valence electrons. The van der Waals surface area contributed by atoms with Crippen molar-refractivity contribution in [3.05, 3.63) is 28.2 Å². The molecule has 3 nitrogen and oxygen atoms in total. The Kier molecular flexibility index (Phi) is 4.03. The Morgan fingerprint density at radius 2 is 2.11 bits per heavy atom. The molecule has 0 spiro atoms. The number of halogens is 4. The van der Waals surface area contributed by atoms with Gasteiger partial charge in [-0.2, -0.15) is 13.2 Å². The number of carbonyl (C=O) groups excluding carboxylic acids is 1. The topological polar surface area (TPSA) is 38.3 Å². The van der Waals surface area contributed by atoms with Gasteiger partial charge in [-0.05, 0) is 47.0 Å². The molecule has 0 unspecified atom stereocenters. The average Bonchev–Trinajstić information content (AvgIpc) is 3.10. The van der Waals surface area contributed by atoms with Crippen LogP contribution < -0.4 is 10.1 Å². The lowest BCUT2D eigenvalue weighted by atomic mass is 10.2. The molecule has 1 aromatic carbocycles. The van der Waals surface area contributed by atoms with E-state index >= 15 is 0 Å². The Hall–Kier alpha value is -1.24. The number of benzene rings is 1. The van der Waals surface area contributed by atoms with Crippen molar-refractivity contribution < 1.29 is 22.7 Å². The SMILES string of the molecule is O=C(COc1cc(C(F)(F)F)ccc1Br)NC1CC1. The predicted octanol–water partition coefficient (Wildman–Crippen LogP) is 3.13. The molecule has 2 rings (SSSR count). The molecule has 1 aliphatic carbocycles. The van der Waals surface area contributed by atoms with Gasteiger partial charge in [-0.3, -0.25) is 4.79 Å². The van der Waals surface area contributed by atoms with E-state index < -0.39 is 11.7 Å². The fraction of sp³-hybridized carbons (Fsp3) is 0.417. The minimum absolute atomic E-state index is 0.000715. The molecule has 1 N–H and O–H groups in total. The highest BCUT2D eigenvalue weighted by Gasteiger charge is 2.31. The Balaban J connectivity index is 2.00. The van der Waals surface area contributed by atoms with Gasteiger partial charge in [0.25, 0.3) is 5.91 Å². The summed E-state index contributed by atoms with van der Waals surface area (Å²) in [6.07, 6.45) is -2.55. The molecule has 0 radical (unpaired) electrons. The van der Waals surface area contributed by atoms with Crippen LogP contribution in [0.5, 0.6) is 5.75 Å². The highest BCUT2D eigenvalue weighted by atomic mass is 79.9. The maximum Gasteiger partial charge on any atom is 0.416 e. The number of ether oxygens (including phenoxy) is 1. The van der Waals surface area contributed by atoms with E-state index in [1.807, 2.05) is 0 Å². The summed E-state index contributed by atoms with van der Waals surface area (Å²) in [4.78, 5) is 11.4. The normalized spacial score (nSPS) is 15.2. The summed E-state index contributed by atoms with van der Waals surface area (Å²) in [7, 11) is 0. The first-order chi connectivity index (χ1) is 8.86. The second-order valence-electron chi connectivity index (χ2n) is 4.27. The van der Waals surface area contributed by atoms with Crippen LogP contribution in [0.3, 0.4) is 0 Å². The van der Waals surface area contributed by atoms with Crippen LogP contribution in [-0.2, 0) is 11.0 Å². The summed E-state index contributed by atoms with van der Waals surface area (Å²) in [5.41, 5.74) is -0.812. The van der Waals surface area contributed by atoms with Crippen LogP contribution in [0, 0.1) is 0 Å². The quantitative estimate of drug-likeness (QED) is 0.916. The van der Waals surface area contributed by atoms with Crippen molar-refractivity contribution in [2.24, 2.45) is 0 Å². The summed E-state index contributed by atoms with van der Waals surface area (Å²) in [6.45, 7) is -0.295. The first-order valence-electron chi connectivity index (χ1n) is 5.65. The fourth-order valence-corrected chi connectivity index (χ4v) is 1.79. The van der Waals surface area contributed by atoms with E-state index in [2.05, 4.69) is 21.2 Å². The third-order valence-electron chi connectivity index (χ3n) is 2.56. The molecule has 0 atom stereocenters. The van der Waals surface area contributed by atoms with Crippen molar-refractivity contribution in [2.75, 3.05) is 6.61 Å². The Morgan fingerprint density at radius 3 is 2.68 bits per heavy atom. The lowest BCUT2D eigenvalue weighted by Gasteiger charge is -2.12. The molecule has 0 bridgehead atoms. The van der Waals surface area contributed by atoms with E-state index in [-0.39, 0.29) is 24.3 Å². The third-order valence-corrected chi connectivity index (χ3v) is 3.21. The predicted molar refractivity (Wildman–Crippen MR) is 65.8 cm³/mol. The fourth-order valence-electron chi connectivity index (χ4n) is 1.43. The number of alkyl halides is 3. The lowest BCUT2D eigenvalue weighted by molar-refractivity contribution is -0.137. The summed E-state index contributed by atoms with van der Waals surface area (Å²) in [5, 5.41) is 2.69. The van der Waals surface area contributed by atoms with E-state index in [0.29, 0.717) is 4.47 Å². The minimum Gasteiger partial charge on any atom is -0.483 e. The molecule has 1 aromatic rings. The number of hydrogen-bond acceptors (Lipinski definition) is 2. The van der Waals surface area contributed by atoms with Gasteiger partial charge in [0.05, 0.1) is 10.0 Å². The second-order valence-corrected chi connectivity index (χ2v) is 5.13. The van der Waals surface area contributed by atoms with Crippen LogP contribution >= 0.6 is 15.9 Å². The van der Waals surface area contributed by atoms with E-state index in [0.717, 1.165) is 25.0 Å². The molecular formula is C12H11BrF3NO2. The zero-order valence-electron chi connectivity index (χ0n) is 9.76. The molecule has 19 heavy (non-hydrogen) atoms. The van der Waals surface area contributed by atoms with Gasteiger partial charge in [-0.15, -0.1) is 0 Å². The number of amides is 1. The second kappa shape index (κ2) is 5.40. The van der Waals surface area contributed by atoms with Gasteiger partial charge < -0.3 is 10.1 Å². The molecule has 0 saturated heterocycles. The van der Waals surface area contributed by atoms with Crippen molar-refractivity contribution in [1.29, 1.82) is 0 Å². The molecule has 1 saturated carbocycles. The molecule has 0 heterocycles. The number of rotatable bonds is 4. The van der Waals surface area contributed by atoms with Crippen molar-refractivity contribution in [3.8, 4) is 5.75 Å². The summed E-state index contributed by atoms with van der Waals surface area (Å²) in [5.74, 6) is -0.326. The van der Waals surface area contributed by atoms with Crippen molar-refractivity contribution in [2.45, 2.75) is 25.1 Å². The highest BCUT2D eigenvalue weighted by Crippen LogP contribution is 2.35. The lowest BCUT2D eigenvalue weighted by Crippen LogP contribution is -2.30. The highest BCUT2D eigenvalue weighted by molar-refractivity contribution is 9.10. The van der Waals surface area contributed by atoms with E-state index in [9.17, 15) is 18.0 Å². The third kappa shape index (κ3) is 4.12. The average molecular weight is 338 g/mol. The molecule has 0 aliphatic heterocycles. The Labute approximate surface area is 116 Å². The molecular weight excluding hydrogens is 327 g/mol. The van der Waals surface area contributed by atoms with Gasteiger partial charge in [0.15, 0.2) is 6.61 Å². The number of carbonyl (C=O) groups is 1. The van der Waals surface area contributed by atoms with E-state index in [4.69, 9.17) is 4.74 Å². The van der Waals surface area contributed by atoms with Gasteiger partial charge in [-0.1, -0.05) is 0 Å². The van der Waals surface area contributed by atoms with Crippen molar-refractivity contribution in [1.82, 2.24) is 5.32 Å². The van der Waals surface area contributed by atoms with Gasteiger partial charge in [0, 0.05) is 6.04 Å². The first kappa shape index (κ1) is 14.2. The monoisotopic (exact) mass is 337 g/mol.